The predicted molar refractivity (Wildman–Crippen MR) is 97.8 cm³/mol. The van der Waals surface area contributed by atoms with Crippen LogP contribution in [0.2, 0.25) is 0 Å². The Labute approximate surface area is 148 Å². The molecule has 0 aliphatic heterocycles. The number of amides is 1. The topological polar surface area (TPSA) is 59.0 Å². The van der Waals surface area contributed by atoms with E-state index in [1.54, 1.807) is 0 Å². The lowest BCUT2D eigenvalue weighted by molar-refractivity contribution is -0.230. The van der Waals surface area contributed by atoms with Crippen LogP contribution < -0.4 is 0 Å². The highest BCUT2D eigenvalue weighted by Gasteiger charge is 2.30. The third kappa shape index (κ3) is 12.6. The summed E-state index contributed by atoms with van der Waals surface area (Å²) in [4.78, 5) is 13.6. The van der Waals surface area contributed by atoms with Gasteiger partial charge in [-0.2, -0.15) is 0 Å². The van der Waals surface area contributed by atoms with Gasteiger partial charge >= 0.3 is 6.09 Å². The van der Waals surface area contributed by atoms with Crippen LogP contribution in [0.3, 0.4) is 0 Å². The van der Waals surface area contributed by atoms with Gasteiger partial charge in [0, 0.05) is 6.54 Å². The second kappa shape index (κ2) is 10.9. The van der Waals surface area contributed by atoms with Crippen LogP contribution in [0.5, 0.6) is 0 Å². The molecule has 0 aromatic rings. The highest BCUT2D eigenvalue weighted by molar-refractivity contribution is 5.68. The maximum Gasteiger partial charge on any atom is 0.414 e. The summed E-state index contributed by atoms with van der Waals surface area (Å²) in [5.41, 5.74) is -1.14. The van der Waals surface area contributed by atoms with Crippen molar-refractivity contribution in [3.8, 4) is 0 Å². The molecule has 0 aliphatic rings. The molecular weight excluding hydrogens is 306 g/mol. The van der Waals surface area contributed by atoms with Crippen LogP contribution in [0.1, 0.15) is 93.4 Å². The molecule has 0 radical (unpaired) electrons. The highest BCUT2D eigenvalue weighted by atomic mass is 16.7. The molecule has 24 heavy (non-hydrogen) atoms. The first-order valence-corrected chi connectivity index (χ1v) is 9.32. The summed E-state index contributed by atoms with van der Waals surface area (Å²) in [6.45, 7) is 13.6. The van der Waals surface area contributed by atoms with Crippen molar-refractivity contribution in [3.63, 3.8) is 0 Å². The van der Waals surface area contributed by atoms with Gasteiger partial charge in [0.15, 0.2) is 0 Å². The summed E-state index contributed by atoms with van der Waals surface area (Å²) >= 11 is 0. The highest BCUT2D eigenvalue weighted by Crippen LogP contribution is 2.17. The Morgan fingerprint density at radius 1 is 0.917 bits per heavy atom. The van der Waals surface area contributed by atoms with Crippen LogP contribution in [0, 0.1) is 0 Å². The fourth-order valence-electron chi connectivity index (χ4n) is 2.23. The Morgan fingerprint density at radius 3 is 1.88 bits per heavy atom. The van der Waals surface area contributed by atoms with E-state index in [0.717, 1.165) is 19.3 Å². The predicted octanol–water partition coefficient (Wildman–Crippen LogP) is 5.07. The van der Waals surface area contributed by atoms with Gasteiger partial charge in [0.05, 0.1) is 5.60 Å². The minimum absolute atomic E-state index is 0.430. The van der Waals surface area contributed by atoms with Crippen LogP contribution in [0.15, 0.2) is 0 Å². The minimum atomic E-state index is -1.29. The van der Waals surface area contributed by atoms with Crippen molar-refractivity contribution in [2.75, 3.05) is 6.54 Å². The molecular formula is C19H39NO4. The number of ether oxygens (including phenoxy) is 2. The fraction of sp³-hybridized carbons (Fsp3) is 0.947. The lowest BCUT2D eigenvalue weighted by Crippen LogP contribution is -2.47. The van der Waals surface area contributed by atoms with Gasteiger partial charge in [0.1, 0.15) is 5.60 Å². The van der Waals surface area contributed by atoms with E-state index in [4.69, 9.17) is 9.47 Å². The van der Waals surface area contributed by atoms with Gasteiger partial charge < -0.3 is 14.6 Å². The van der Waals surface area contributed by atoms with Crippen molar-refractivity contribution < 1.29 is 19.4 Å². The maximum atomic E-state index is 12.4. The molecule has 144 valence electrons. The average molecular weight is 346 g/mol. The molecule has 1 N–H and O–H groups in total. The van der Waals surface area contributed by atoms with E-state index < -0.39 is 23.7 Å². The van der Waals surface area contributed by atoms with Gasteiger partial charge in [-0.15, -0.1) is 0 Å². The second-order valence-corrected chi connectivity index (χ2v) is 8.35. The number of unbranched alkanes of at least 4 members (excludes halogenated alkanes) is 6. The third-order valence-electron chi connectivity index (χ3n) is 3.36. The van der Waals surface area contributed by atoms with E-state index in [-0.39, 0.29) is 0 Å². The number of rotatable bonds is 10. The number of carbonyl (C=O) groups excluding carboxylic acids is 1. The molecule has 0 unspecified atom stereocenters. The SMILES string of the molecule is CCCCCCCCCN(C(=O)OC(C)(C)C)[C@H](O)OC(C)(C)C. The van der Waals surface area contributed by atoms with Crippen molar-refractivity contribution in [1.82, 2.24) is 4.90 Å². The molecule has 1 amide bonds. The number of hydrogen-bond acceptors (Lipinski definition) is 4. The largest absolute Gasteiger partial charge is 0.444 e. The van der Waals surface area contributed by atoms with Gasteiger partial charge in [-0.3, -0.25) is 4.90 Å². The quantitative estimate of drug-likeness (QED) is 0.444. The van der Waals surface area contributed by atoms with Gasteiger partial charge in [-0.05, 0) is 48.0 Å². The Balaban J connectivity index is 4.50. The van der Waals surface area contributed by atoms with Gasteiger partial charge in [0.2, 0.25) is 6.41 Å². The number of hydrogen-bond donors (Lipinski definition) is 1. The molecule has 0 bridgehead atoms. The molecule has 0 rings (SSSR count). The minimum Gasteiger partial charge on any atom is -0.444 e. The zero-order chi connectivity index (χ0) is 18.8. The molecule has 0 aliphatic carbocycles. The summed E-state index contributed by atoms with van der Waals surface area (Å²) < 4.78 is 10.9. The van der Waals surface area contributed by atoms with Crippen LogP contribution in [-0.2, 0) is 9.47 Å². The first-order valence-electron chi connectivity index (χ1n) is 9.32. The number of aliphatic hydroxyl groups excluding tert-OH is 1. The molecule has 0 fully saturated rings. The summed E-state index contributed by atoms with van der Waals surface area (Å²) in [7, 11) is 0. The molecule has 0 heterocycles. The molecule has 0 spiro atoms. The van der Waals surface area contributed by atoms with E-state index in [2.05, 4.69) is 6.92 Å². The summed E-state index contributed by atoms with van der Waals surface area (Å²) in [6, 6.07) is 0. The zero-order valence-corrected chi connectivity index (χ0v) is 16.9. The summed E-state index contributed by atoms with van der Waals surface area (Å²) in [6.07, 6.45) is 6.19. The second-order valence-electron chi connectivity index (χ2n) is 8.35. The van der Waals surface area contributed by atoms with E-state index in [1.807, 2.05) is 41.5 Å². The summed E-state index contributed by atoms with van der Waals surface area (Å²) in [5, 5.41) is 10.3. The van der Waals surface area contributed by atoms with Crippen LogP contribution in [0.4, 0.5) is 4.79 Å². The van der Waals surface area contributed by atoms with E-state index >= 15 is 0 Å². The maximum absolute atomic E-state index is 12.4. The van der Waals surface area contributed by atoms with Crippen molar-refractivity contribution in [2.24, 2.45) is 0 Å². The van der Waals surface area contributed by atoms with Crippen LogP contribution in [-0.4, -0.2) is 40.3 Å². The molecule has 0 aromatic carbocycles. The van der Waals surface area contributed by atoms with Crippen molar-refractivity contribution >= 4 is 6.09 Å². The zero-order valence-electron chi connectivity index (χ0n) is 16.9. The molecule has 0 saturated carbocycles. The van der Waals surface area contributed by atoms with E-state index in [0.29, 0.717) is 6.54 Å². The van der Waals surface area contributed by atoms with E-state index in [1.165, 1.54) is 30.6 Å². The Morgan fingerprint density at radius 2 is 1.42 bits per heavy atom. The first-order chi connectivity index (χ1) is 11.0. The fourth-order valence-corrected chi connectivity index (χ4v) is 2.23. The number of carbonyl (C=O) groups is 1. The van der Waals surface area contributed by atoms with Crippen LogP contribution in [0.25, 0.3) is 0 Å². The van der Waals surface area contributed by atoms with Crippen molar-refractivity contribution in [1.29, 1.82) is 0 Å². The Bertz CT molecular complexity index is 344. The molecule has 1 atom stereocenters. The van der Waals surface area contributed by atoms with Crippen LogP contribution >= 0.6 is 0 Å². The molecule has 0 aromatic heterocycles. The average Bonchev–Trinajstić information content (AvgIpc) is 2.37. The number of aliphatic hydroxyl groups is 1. The molecule has 5 nitrogen and oxygen atoms in total. The smallest absolute Gasteiger partial charge is 0.414 e. The molecule has 5 heteroatoms. The Hall–Kier alpha value is -0.810. The number of nitrogens with zero attached hydrogens (tertiary/aromatic N) is 1. The lowest BCUT2D eigenvalue weighted by Gasteiger charge is -2.33. The third-order valence-corrected chi connectivity index (χ3v) is 3.36. The van der Waals surface area contributed by atoms with Gasteiger partial charge in [-0.25, -0.2) is 4.79 Å². The summed E-state index contributed by atoms with van der Waals surface area (Å²) in [5.74, 6) is 0. The standard InChI is InChI=1S/C19H39NO4/c1-8-9-10-11-12-13-14-15-20(16(21)23-18(2,3)4)17(22)24-19(5,6)7/h16,21H,8-15H2,1-7H3/t16-/m1/s1. The lowest BCUT2D eigenvalue weighted by atomic mass is 10.1. The van der Waals surface area contributed by atoms with Crippen molar-refractivity contribution in [3.05, 3.63) is 0 Å². The Kier molecular flexibility index (Phi) is 10.6. The normalized spacial score (nSPS) is 13.7. The van der Waals surface area contributed by atoms with E-state index in [9.17, 15) is 9.90 Å². The molecule has 0 saturated heterocycles. The van der Waals surface area contributed by atoms with Gasteiger partial charge in [0.25, 0.3) is 0 Å². The van der Waals surface area contributed by atoms with Gasteiger partial charge in [-0.1, -0.05) is 45.4 Å². The monoisotopic (exact) mass is 345 g/mol. The first kappa shape index (κ1) is 23.2. The van der Waals surface area contributed by atoms with Crippen molar-refractivity contribution in [2.45, 2.75) is 111 Å².